The zero-order valence-corrected chi connectivity index (χ0v) is 38.1. The molecular weight excluding hydrogens is 807 g/mol. The first-order chi connectivity index (χ1) is 28.7. The molecule has 3 saturated heterocycles. The lowest BCUT2D eigenvalue weighted by Crippen LogP contribution is -2.60. The minimum Gasteiger partial charge on any atom is -0.459 e. The molecule has 3 aliphatic rings. The van der Waals surface area contributed by atoms with Gasteiger partial charge in [-0.1, -0.05) is 38.9 Å². The van der Waals surface area contributed by atoms with Crippen LogP contribution in [0.1, 0.15) is 86.5 Å². The fourth-order valence-electron chi connectivity index (χ4n) is 8.98. The van der Waals surface area contributed by atoms with Crippen molar-refractivity contribution in [3.63, 3.8) is 0 Å². The van der Waals surface area contributed by atoms with Crippen molar-refractivity contribution >= 4 is 46.2 Å². The van der Waals surface area contributed by atoms with Gasteiger partial charge in [-0.15, -0.1) is 11.3 Å². The van der Waals surface area contributed by atoms with Crippen molar-refractivity contribution in [1.29, 1.82) is 0 Å². The third-order valence-corrected chi connectivity index (χ3v) is 13.3. The van der Waals surface area contributed by atoms with Gasteiger partial charge in [-0.3, -0.25) is 14.4 Å². The van der Waals surface area contributed by atoms with Crippen LogP contribution in [0, 0.1) is 23.7 Å². The number of aliphatic imine (C=N–C) groups is 1. The van der Waals surface area contributed by atoms with Crippen LogP contribution in [0.15, 0.2) is 40.5 Å². The molecular formula is C44H65N5O11S. The average Bonchev–Trinajstić information content (AvgIpc) is 3.67. The summed E-state index contributed by atoms with van der Waals surface area (Å²) < 4.78 is 32.5. The second-order valence-corrected chi connectivity index (χ2v) is 18.7. The second kappa shape index (κ2) is 20.2. The number of carbonyl (C=O) groups excluding carboxylic acids is 3. The normalized spacial score (nSPS) is 37.2. The van der Waals surface area contributed by atoms with Crippen molar-refractivity contribution in [3.05, 3.63) is 35.2 Å². The number of ether oxygens (including phenoxy) is 5. The third-order valence-electron chi connectivity index (χ3n) is 12.2. The van der Waals surface area contributed by atoms with Crippen molar-refractivity contribution in [2.75, 3.05) is 33.0 Å². The van der Waals surface area contributed by atoms with E-state index in [4.69, 9.17) is 34.3 Å². The number of hydrogen-bond acceptors (Lipinski definition) is 16. The van der Waals surface area contributed by atoms with E-state index in [1.54, 1.807) is 26.8 Å². The van der Waals surface area contributed by atoms with Gasteiger partial charge in [0.2, 0.25) is 5.91 Å². The van der Waals surface area contributed by atoms with Gasteiger partial charge in [0, 0.05) is 35.4 Å². The summed E-state index contributed by atoms with van der Waals surface area (Å²) >= 11 is 1.48. The van der Waals surface area contributed by atoms with Crippen LogP contribution >= 0.6 is 11.3 Å². The molecule has 0 radical (unpaired) electrons. The zero-order chi connectivity index (χ0) is 45.0. The fraction of sp³-hybridized carbons (Fsp3) is 0.682. The Morgan fingerprint density at radius 2 is 1.80 bits per heavy atom. The number of amides is 1. The van der Waals surface area contributed by atoms with Gasteiger partial charge < -0.3 is 49.4 Å². The number of hydrogen-bond donors (Lipinski definition) is 3. The van der Waals surface area contributed by atoms with E-state index in [0.29, 0.717) is 23.7 Å². The maximum Gasteiger partial charge on any atom is 0.316 e. The summed E-state index contributed by atoms with van der Waals surface area (Å²) in [6, 6.07) is 8.95. The van der Waals surface area contributed by atoms with Gasteiger partial charge in [-0.25, -0.2) is 9.98 Å². The number of nitrogens with two attached hydrogens (primary N) is 1. The van der Waals surface area contributed by atoms with Crippen molar-refractivity contribution in [2.45, 2.75) is 142 Å². The van der Waals surface area contributed by atoms with Crippen LogP contribution in [-0.2, 0) is 49.5 Å². The van der Waals surface area contributed by atoms with Gasteiger partial charge in [-0.2, -0.15) is 0 Å². The Hall–Kier alpha value is -3.68. The first kappa shape index (κ1) is 48.4. The lowest BCUT2D eigenvalue weighted by Gasteiger charge is -2.47. The third kappa shape index (κ3) is 11.3. The number of carbonyl (C=O) groups is 3. The fourth-order valence-corrected chi connectivity index (χ4v) is 9.86. The molecule has 3 aliphatic heterocycles. The standard InChI is InChI=1S/C44H65N5O11S/c1-12-34-44(9,54)40-25(4)36(46-28(7)50)23(2)19-43(8,56-21-29(20-55-40)48-57-22-30-16-17-33(61-30)31-14-13-15-35(45)47-31)39(26(5)37(51)27(6)41(53)59-34)60-42-38(52)32(49(10)11)18-24(3)58-42/h13-17,23-27,32,34,38-40,42,52,54H,12,18-22H2,1-11H3,(H2,45,47)/b46-36?,48-29+/t23-,24-,25+,26+,27-,32+,34-,38-,39-,40+,42+,43-,44-/m1/s1. The van der Waals surface area contributed by atoms with Gasteiger partial charge in [-0.05, 0) is 91.2 Å². The number of aromatic nitrogens is 1. The van der Waals surface area contributed by atoms with Crippen LogP contribution < -0.4 is 5.73 Å². The predicted octanol–water partition coefficient (Wildman–Crippen LogP) is 4.83. The number of aliphatic hydroxyl groups is 2. The highest BCUT2D eigenvalue weighted by Crippen LogP contribution is 2.40. The first-order valence-electron chi connectivity index (χ1n) is 21.1. The monoisotopic (exact) mass is 871 g/mol. The molecule has 61 heavy (non-hydrogen) atoms. The van der Waals surface area contributed by atoms with Crippen LogP contribution in [0.5, 0.6) is 0 Å². The van der Waals surface area contributed by atoms with E-state index >= 15 is 0 Å². The molecule has 338 valence electrons. The molecule has 2 aromatic heterocycles. The Labute approximate surface area is 363 Å². The smallest absolute Gasteiger partial charge is 0.316 e. The molecule has 5 heterocycles. The number of pyridine rings is 1. The first-order valence-corrected chi connectivity index (χ1v) is 21.9. The highest BCUT2D eigenvalue weighted by Gasteiger charge is 2.53. The lowest BCUT2D eigenvalue weighted by atomic mass is 9.73. The van der Waals surface area contributed by atoms with Crippen LogP contribution in [0.2, 0.25) is 0 Å². The number of fused-ring (bicyclic) bond motifs is 5. The van der Waals surface area contributed by atoms with Gasteiger partial charge in [0.25, 0.3) is 0 Å². The Morgan fingerprint density at radius 1 is 1.08 bits per heavy atom. The van der Waals surface area contributed by atoms with Crippen molar-refractivity contribution < 1.29 is 53.1 Å². The van der Waals surface area contributed by atoms with Crippen LogP contribution in [0.4, 0.5) is 5.82 Å². The minimum absolute atomic E-state index is 0.100. The Bertz CT molecular complexity index is 1920. The molecule has 0 aliphatic carbocycles. The Morgan fingerprint density at radius 3 is 2.46 bits per heavy atom. The largest absolute Gasteiger partial charge is 0.459 e. The summed E-state index contributed by atoms with van der Waals surface area (Å²) in [4.78, 5) is 59.8. The molecule has 16 nitrogen and oxygen atoms in total. The molecule has 2 bridgehead atoms. The lowest BCUT2D eigenvalue weighted by molar-refractivity contribution is -0.296. The van der Waals surface area contributed by atoms with E-state index in [1.807, 2.05) is 64.0 Å². The van der Waals surface area contributed by atoms with E-state index in [0.717, 1.165) is 15.4 Å². The molecule has 4 N–H and O–H groups in total. The molecule has 0 saturated carbocycles. The number of aliphatic hydroxyl groups excluding tert-OH is 1. The molecule has 13 atom stereocenters. The molecule has 0 unspecified atom stereocenters. The molecule has 2 aromatic rings. The zero-order valence-electron chi connectivity index (χ0n) is 37.3. The van der Waals surface area contributed by atoms with Gasteiger partial charge in [0.1, 0.15) is 35.3 Å². The number of ketones is 1. The topological polar surface area (TPSA) is 214 Å². The second-order valence-electron chi connectivity index (χ2n) is 17.5. The van der Waals surface area contributed by atoms with Gasteiger partial charge >= 0.3 is 5.97 Å². The molecule has 0 aromatic carbocycles. The minimum atomic E-state index is -1.86. The molecule has 17 heteroatoms. The highest BCUT2D eigenvalue weighted by molar-refractivity contribution is 7.15. The Balaban J connectivity index is 1.63. The van der Waals surface area contributed by atoms with E-state index in [2.05, 4.69) is 15.1 Å². The number of rotatable bonds is 8. The van der Waals surface area contributed by atoms with Crippen molar-refractivity contribution in [3.8, 4) is 10.6 Å². The number of anilines is 1. The number of cyclic esters (lactones) is 1. The number of likely N-dealkylation sites (N-methyl/N-ethyl adjacent to an activating group) is 1. The van der Waals surface area contributed by atoms with Crippen LogP contribution in [0.3, 0.4) is 0 Å². The molecule has 0 spiro atoms. The van der Waals surface area contributed by atoms with Crippen molar-refractivity contribution in [2.24, 2.45) is 33.8 Å². The number of esters is 1. The van der Waals surface area contributed by atoms with E-state index in [1.165, 1.54) is 32.1 Å². The van der Waals surface area contributed by atoms with Gasteiger partial charge in [0.05, 0.1) is 47.7 Å². The summed E-state index contributed by atoms with van der Waals surface area (Å²) in [5.74, 6) is -4.93. The van der Waals surface area contributed by atoms with Gasteiger partial charge in [0.15, 0.2) is 18.7 Å². The van der Waals surface area contributed by atoms with Crippen LogP contribution in [0.25, 0.3) is 10.6 Å². The predicted molar refractivity (Wildman–Crippen MR) is 231 cm³/mol. The summed E-state index contributed by atoms with van der Waals surface area (Å²) in [5, 5.41) is 28.6. The average molecular weight is 872 g/mol. The molecule has 3 fully saturated rings. The number of nitrogens with zero attached hydrogens (tertiary/aromatic N) is 4. The number of oxime groups is 1. The number of nitrogen functional groups attached to an aromatic ring is 1. The maximum absolute atomic E-state index is 14.5. The van der Waals surface area contributed by atoms with Crippen molar-refractivity contribution in [1.82, 2.24) is 9.88 Å². The summed E-state index contributed by atoms with van der Waals surface area (Å²) in [6.07, 6.45) is -5.14. The maximum atomic E-state index is 14.5. The number of Topliss-reactive ketones (excluding diaryl/α,β-unsaturated/α-hetero) is 1. The summed E-state index contributed by atoms with van der Waals surface area (Å²) in [6.45, 7) is 14.8. The number of thiophene rings is 1. The van der Waals surface area contributed by atoms with E-state index < -0.39 is 83.2 Å². The van der Waals surface area contributed by atoms with E-state index in [9.17, 15) is 24.6 Å². The SMILES string of the molecule is CC[C@H]1OC(=O)[C@H](C)C(=O)[C@H](C)[C@@H](O[C@@H]2O[C@H](C)C[C@H](N(C)C)[C@H]2O)[C@@]2(C)C[C@@H](C)C(=NC(C)=O)[C@H](C)[C@H](OC/C(=N\OCc3ccc(-c4cccc(N)n4)s3)CO2)[C@]1(C)O. The van der Waals surface area contributed by atoms with E-state index in [-0.39, 0.29) is 44.8 Å². The van der Waals surface area contributed by atoms with Crippen LogP contribution in [-0.4, -0.2) is 131 Å². The molecule has 5 rings (SSSR count). The molecule has 1 amide bonds. The highest BCUT2D eigenvalue weighted by atomic mass is 32.1. The summed E-state index contributed by atoms with van der Waals surface area (Å²) in [5.41, 5.74) is 4.10. The quantitative estimate of drug-likeness (QED) is 0.184. The summed E-state index contributed by atoms with van der Waals surface area (Å²) in [7, 11) is 3.73. The Kier molecular flexibility index (Phi) is 16.0.